The molecule has 1 unspecified atom stereocenters. The lowest BCUT2D eigenvalue weighted by Gasteiger charge is -2.33. The van der Waals surface area contributed by atoms with Crippen LogP contribution in [0.25, 0.3) is 0 Å². The highest BCUT2D eigenvalue weighted by atomic mass is 79.9. The van der Waals surface area contributed by atoms with Crippen LogP contribution in [0.5, 0.6) is 5.75 Å². The Balaban J connectivity index is 1.62. The summed E-state index contributed by atoms with van der Waals surface area (Å²) in [5.41, 5.74) is 1.24. The molecular formula is C30H31BrClFN2O3. The van der Waals surface area contributed by atoms with Crippen molar-refractivity contribution in [2.24, 2.45) is 0 Å². The lowest BCUT2D eigenvalue weighted by atomic mass is 9.94. The fraction of sp³-hybridized carbons (Fsp3) is 0.333. The minimum Gasteiger partial charge on any atom is -0.483 e. The van der Waals surface area contributed by atoms with E-state index >= 15 is 0 Å². The fourth-order valence-electron chi connectivity index (χ4n) is 4.72. The normalized spacial score (nSPS) is 14.5. The number of rotatable bonds is 10. The smallest absolute Gasteiger partial charge is 0.261 e. The second kappa shape index (κ2) is 13.8. The van der Waals surface area contributed by atoms with Crippen molar-refractivity contribution in [3.05, 3.63) is 99.2 Å². The first kappa shape index (κ1) is 28.1. The first-order chi connectivity index (χ1) is 18.4. The van der Waals surface area contributed by atoms with Crippen molar-refractivity contribution in [2.45, 2.75) is 57.2 Å². The summed E-state index contributed by atoms with van der Waals surface area (Å²) in [4.78, 5) is 28.9. The number of nitrogens with one attached hydrogen (secondary N) is 1. The van der Waals surface area contributed by atoms with Gasteiger partial charge in [0.2, 0.25) is 5.91 Å². The third-order valence-corrected chi connectivity index (χ3v) is 7.62. The first-order valence-electron chi connectivity index (χ1n) is 12.9. The van der Waals surface area contributed by atoms with Crippen molar-refractivity contribution < 1.29 is 18.7 Å². The van der Waals surface area contributed by atoms with E-state index in [1.54, 1.807) is 36.4 Å². The Kier molecular flexibility index (Phi) is 10.2. The van der Waals surface area contributed by atoms with Gasteiger partial charge in [-0.05, 0) is 58.6 Å². The van der Waals surface area contributed by atoms with E-state index in [1.165, 1.54) is 11.0 Å². The number of ether oxygens (including phenoxy) is 1. The van der Waals surface area contributed by atoms with E-state index in [0.29, 0.717) is 27.2 Å². The van der Waals surface area contributed by atoms with Gasteiger partial charge in [-0.1, -0.05) is 79.4 Å². The van der Waals surface area contributed by atoms with Gasteiger partial charge in [0.15, 0.2) is 6.61 Å². The van der Waals surface area contributed by atoms with Crippen molar-refractivity contribution in [1.29, 1.82) is 0 Å². The van der Waals surface area contributed by atoms with E-state index in [-0.39, 0.29) is 25.1 Å². The Morgan fingerprint density at radius 3 is 2.45 bits per heavy atom. The molecule has 1 N–H and O–H groups in total. The zero-order valence-corrected chi connectivity index (χ0v) is 23.4. The molecule has 1 saturated carbocycles. The third kappa shape index (κ3) is 7.81. The average molecular weight is 602 g/mol. The third-order valence-electron chi connectivity index (χ3n) is 6.77. The maximum Gasteiger partial charge on any atom is 0.261 e. The van der Waals surface area contributed by atoms with Crippen LogP contribution >= 0.6 is 27.5 Å². The summed E-state index contributed by atoms with van der Waals surface area (Å²) in [6.45, 7) is -0.386. The van der Waals surface area contributed by atoms with Gasteiger partial charge in [0, 0.05) is 29.6 Å². The summed E-state index contributed by atoms with van der Waals surface area (Å²) in [6.07, 6.45) is 5.42. The molecule has 0 radical (unpaired) electrons. The highest BCUT2D eigenvalue weighted by molar-refractivity contribution is 9.10. The fourth-order valence-corrected chi connectivity index (χ4v) is 5.52. The number of hydrogen-bond donors (Lipinski definition) is 1. The zero-order chi connectivity index (χ0) is 26.9. The average Bonchev–Trinajstić information content (AvgIpc) is 2.92. The summed E-state index contributed by atoms with van der Waals surface area (Å²) < 4.78 is 21.1. The van der Waals surface area contributed by atoms with Gasteiger partial charge in [0.25, 0.3) is 5.91 Å². The Morgan fingerprint density at radius 2 is 1.74 bits per heavy atom. The van der Waals surface area contributed by atoms with E-state index < -0.39 is 17.8 Å². The Hall–Kier alpha value is -2.90. The number of hydrogen-bond acceptors (Lipinski definition) is 3. The van der Waals surface area contributed by atoms with Crippen LogP contribution in [-0.4, -0.2) is 35.4 Å². The summed E-state index contributed by atoms with van der Waals surface area (Å²) >= 11 is 9.43. The number of nitrogens with zero attached hydrogens (tertiary/aromatic N) is 1. The van der Waals surface area contributed by atoms with Gasteiger partial charge in [-0.25, -0.2) is 4.39 Å². The molecule has 8 heteroatoms. The van der Waals surface area contributed by atoms with Gasteiger partial charge in [-0.3, -0.25) is 9.59 Å². The molecule has 0 saturated heterocycles. The number of carbonyl (C=O) groups is 2. The van der Waals surface area contributed by atoms with Crippen LogP contribution in [0, 0.1) is 5.82 Å². The molecule has 1 fully saturated rings. The minimum absolute atomic E-state index is 0.0633. The molecule has 200 valence electrons. The van der Waals surface area contributed by atoms with E-state index in [1.807, 2.05) is 30.3 Å². The van der Waals surface area contributed by atoms with Crippen LogP contribution in [0.2, 0.25) is 5.02 Å². The van der Waals surface area contributed by atoms with Crippen LogP contribution in [0.4, 0.5) is 4.39 Å². The molecule has 1 aliphatic rings. The summed E-state index contributed by atoms with van der Waals surface area (Å²) in [6, 6.07) is 20.1. The number of amides is 2. The maximum atomic E-state index is 14.7. The van der Waals surface area contributed by atoms with Gasteiger partial charge in [0.1, 0.15) is 17.6 Å². The van der Waals surface area contributed by atoms with Crippen molar-refractivity contribution >= 4 is 39.3 Å². The molecule has 0 aromatic heterocycles. The van der Waals surface area contributed by atoms with Crippen molar-refractivity contribution in [2.75, 3.05) is 6.61 Å². The van der Waals surface area contributed by atoms with Crippen molar-refractivity contribution in [3.63, 3.8) is 0 Å². The molecule has 1 atom stereocenters. The van der Waals surface area contributed by atoms with Crippen LogP contribution in [-0.2, 0) is 22.6 Å². The standard InChI is InChI=1S/C30H31BrClFN2O3/c31-25-18-23(32)15-16-28(25)38-20-29(36)35(19-22-11-7-8-14-26(22)33)27(17-21-9-3-1-4-10-21)30(37)34-24-12-5-2-6-13-24/h1,3-4,7-11,14-16,18,24,27H,2,5-6,12-13,17,19-20H2,(H,34,37). The summed E-state index contributed by atoms with van der Waals surface area (Å²) in [7, 11) is 0. The zero-order valence-electron chi connectivity index (χ0n) is 21.0. The molecule has 0 spiro atoms. The molecular weight excluding hydrogens is 571 g/mol. The molecule has 0 aliphatic heterocycles. The maximum absolute atomic E-state index is 14.7. The molecule has 5 nitrogen and oxygen atoms in total. The van der Waals surface area contributed by atoms with E-state index in [9.17, 15) is 14.0 Å². The van der Waals surface area contributed by atoms with Gasteiger partial charge in [-0.2, -0.15) is 0 Å². The van der Waals surface area contributed by atoms with Crippen molar-refractivity contribution in [3.8, 4) is 5.75 Å². The van der Waals surface area contributed by atoms with Crippen molar-refractivity contribution in [1.82, 2.24) is 10.2 Å². The SMILES string of the molecule is O=C(NC1CCCCC1)C(Cc1ccccc1)N(Cc1ccccc1F)C(=O)COc1ccc(Cl)cc1Br. The van der Waals surface area contributed by atoms with Crippen LogP contribution < -0.4 is 10.1 Å². The van der Waals surface area contributed by atoms with Gasteiger partial charge in [-0.15, -0.1) is 0 Å². The van der Waals surface area contributed by atoms with Crippen LogP contribution in [0.15, 0.2) is 77.3 Å². The second-order valence-electron chi connectivity index (χ2n) is 9.53. The summed E-state index contributed by atoms with van der Waals surface area (Å²) in [5, 5.41) is 3.70. The molecule has 0 heterocycles. The highest BCUT2D eigenvalue weighted by Gasteiger charge is 2.32. The van der Waals surface area contributed by atoms with Gasteiger partial charge in [0.05, 0.1) is 4.47 Å². The molecule has 4 rings (SSSR count). The van der Waals surface area contributed by atoms with E-state index in [0.717, 1.165) is 37.7 Å². The summed E-state index contributed by atoms with van der Waals surface area (Å²) in [5.74, 6) is -0.648. The Labute approximate surface area is 236 Å². The van der Waals surface area contributed by atoms with E-state index in [2.05, 4.69) is 21.2 Å². The largest absolute Gasteiger partial charge is 0.483 e. The first-order valence-corrected chi connectivity index (χ1v) is 14.0. The molecule has 0 bridgehead atoms. The molecule has 2 amide bonds. The van der Waals surface area contributed by atoms with Gasteiger partial charge < -0.3 is 15.0 Å². The quantitative estimate of drug-likeness (QED) is 0.281. The minimum atomic E-state index is -0.844. The van der Waals surface area contributed by atoms with Crippen LogP contribution in [0.1, 0.15) is 43.2 Å². The molecule has 38 heavy (non-hydrogen) atoms. The number of halogens is 3. The predicted molar refractivity (Wildman–Crippen MR) is 151 cm³/mol. The Morgan fingerprint density at radius 1 is 1.03 bits per heavy atom. The van der Waals surface area contributed by atoms with E-state index in [4.69, 9.17) is 16.3 Å². The molecule has 3 aromatic carbocycles. The van der Waals surface area contributed by atoms with Crippen LogP contribution in [0.3, 0.4) is 0 Å². The predicted octanol–water partition coefficient (Wildman–Crippen LogP) is 6.71. The Bertz CT molecular complexity index is 1240. The monoisotopic (exact) mass is 600 g/mol. The molecule has 1 aliphatic carbocycles. The number of benzene rings is 3. The molecule has 3 aromatic rings. The lowest BCUT2D eigenvalue weighted by molar-refractivity contribution is -0.143. The van der Waals surface area contributed by atoms with Gasteiger partial charge >= 0.3 is 0 Å². The topological polar surface area (TPSA) is 58.6 Å². The second-order valence-corrected chi connectivity index (χ2v) is 10.8. The lowest BCUT2D eigenvalue weighted by Crippen LogP contribution is -2.53. The number of carbonyl (C=O) groups excluding carboxylic acids is 2. The highest BCUT2D eigenvalue weighted by Crippen LogP contribution is 2.28.